The maximum Gasteiger partial charge on any atom is 0.135 e. The summed E-state index contributed by atoms with van der Waals surface area (Å²) in [5, 5.41) is 12.1. The van der Waals surface area contributed by atoms with Crippen LogP contribution in [0.2, 0.25) is 0 Å². The largest absolute Gasteiger partial charge is 0.351 e. The Bertz CT molecular complexity index is 149. The van der Waals surface area contributed by atoms with Crippen LogP contribution in [0.15, 0.2) is 25.0 Å². The molecule has 10 heavy (non-hydrogen) atoms. The molecule has 2 heterocycles. The summed E-state index contributed by atoms with van der Waals surface area (Å²) >= 11 is 0. The van der Waals surface area contributed by atoms with Crippen LogP contribution in [0, 0.1) is 0 Å². The van der Waals surface area contributed by atoms with Crippen molar-refractivity contribution >= 4 is 0 Å². The SMILES string of the molecule is c1c[nH]cn1.c1nnn[nH]1. The molecule has 2 N–H and O–H groups in total. The lowest BCUT2D eigenvalue weighted by Crippen LogP contribution is -1.64. The van der Waals surface area contributed by atoms with Gasteiger partial charge in [-0.3, -0.25) is 0 Å². The molecule has 0 bridgehead atoms. The van der Waals surface area contributed by atoms with Gasteiger partial charge in [-0.05, 0) is 10.4 Å². The van der Waals surface area contributed by atoms with E-state index in [2.05, 4.69) is 30.6 Å². The predicted molar refractivity (Wildman–Crippen MR) is 32.8 cm³/mol. The first kappa shape index (κ1) is 6.40. The van der Waals surface area contributed by atoms with Crippen LogP contribution in [-0.2, 0) is 0 Å². The van der Waals surface area contributed by atoms with Crippen molar-refractivity contribution in [2.75, 3.05) is 0 Å². The number of tetrazole rings is 1. The van der Waals surface area contributed by atoms with Gasteiger partial charge in [0.2, 0.25) is 0 Å². The van der Waals surface area contributed by atoms with Gasteiger partial charge in [0.1, 0.15) is 6.33 Å². The molecule has 0 radical (unpaired) electrons. The van der Waals surface area contributed by atoms with Crippen LogP contribution >= 0.6 is 0 Å². The summed E-state index contributed by atoms with van der Waals surface area (Å²) in [5.74, 6) is 0. The molecule has 0 fully saturated rings. The van der Waals surface area contributed by atoms with Crippen molar-refractivity contribution in [3.8, 4) is 0 Å². The number of aromatic amines is 2. The first-order valence-electron chi connectivity index (χ1n) is 2.60. The lowest BCUT2D eigenvalue weighted by Gasteiger charge is -1.46. The van der Waals surface area contributed by atoms with Crippen LogP contribution in [0.4, 0.5) is 0 Å². The topological polar surface area (TPSA) is 83.1 Å². The van der Waals surface area contributed by atoms with Crippen LogP contribution in [0.25, 0.3) is 0 Å². The third kappa shape index (κ3) is 2.55. The highest BCUT2D eigenvalue weighted by Crippen LogP contribution is 1.62. The summed E-state index contributed by atoms with van der Waals surface area (Å²) in [4.78, 5) is 6.42. The molecule has 0 aliphatic rings. The molecule has 0 spiro atoms. The van der Waals surface area contributed by atoms with Crippen molar-refractivity contribution in [1.82, 2.24) is 30.6 Å². The number of nitrogens with zero attached hydrogens (tertiary/aromatic N) is 4. The highest BCUT2D eigenvalue weighted by molar-refractivity contribution is 4.64. The lowest BCUT2D eigenvalue weighted by molar-refractivity contribution is 0.881. The van der Waals surface area contributed by atoms with Crippen LogP contribution in [0.1, 0.15) is 0 Å². The molecule has 0 aliphatic heterocycles. The second-order valence-corrected chi connectivity index (χ2v) is 1.32. The molecule has 2 aromatic heterocycles. The minimum Gasteiger partial charge on any atom is -0.351 e. The normalized spacial score (nSPS) is 8.00. The van der Waals surface area contributed by atoms with Gasteiger partial charge in [0, 0.05) is 12.4 Å². The summed E-state index contributed by atoms with van der Waals surface area (Å²) in [6.07, 6.45) is 6.49. The van der Waals surface area contributed by atoms with E-state index in [-0.39, 0.29) is 0 Å². The molecule has 6 heteroatoms. The fourth-order valence-electron chi connectivity index (χ4n) is 0.344. The second-order valence-electron chi connectivity index (χ2n) is 1.32. The summed E-state index contributed by atoms with van der Waals surface area (Å²) in [5.41, 5.74) is 0. The monoisotopic (exact) mass is 138 g/mol. The van der Waals surface area contributed by atoms with Gasteiger partial charge in [-0.15, -0.1) is 5.10 Å². The van der Waals surface area contributed by atoms with Crippen molar-refractivity contribution in [2.24, 2.45) is 0 Å². The van der Waals surface area contributed by atoms with Gasteiger partial charge in [0.05, 0.1) is 6.33 Å². The molecule has 0 saturated heterocycles. The minimum atomic E-state index is 1.40. The maximum absolute atomic E-state index is 3.67. The molecule has 52 valence electrons. The van der Waals surface area contributed by atoms with Gasteiger partial charge >= 0.3 is 0 Å². The Morgan fingerprint density at radius 2 is 2.20 bits per heavy atom. The van der Waals surface area contributed by atoms with Gasteiger partial charge in [-0.2, -0.15) is 0 Å². The molecular formula is C4H6N6. The first-order valence-corrected chi connectivity index (χ1v) is 2.60. The molecule has 0 saturated carbocycles. The highest BCUT2D eigenvalue weighted by atomic mass is 15.5. The smallest absolute Gasteiger partial charge is 0.135 e. The second kappa shape index (κ2) is 4.19. The molecule has 2 aromatic rings. The third-order valence-corrected chi connectivity index (χ3v) is 0.675. The molecule has 0 unspecified atom stereocenters. The van der Waals surface area contributed by atoms with E-state index < -0.39 is 0 Å². The molecular weight excluding hydrogens is 132 g/mol. The Balaban J connectivity index is 0.0000001000. The van der Waals surface area contributed by atoms with E-state index in [9.17, 15) is 0 Å². The van der Waals surface area contributed by atoms with E-state index in [1.807, 2.05) is 0 Å². The Morgan fingerprint density at radius 1 is 1.20 bits per heavy atom. The lowest BCUT2D eigenvalue weighted by atomic mass is 11.0. The average Bonchev–Trinajstić information content (AvgIpc) is 2.67. The summed E-state index contributed by atoms with van der Waals surface area (Å²) in [7, 11) is 0. The zero-order valence-electron chi connectivity index (χ0n) is 5.10. The number of hydrogen-bond donors (Lipinski definition) is 2. The minimum absolute atomic E-state index is 1.40. The summed E-state index contributed by atoms with van der Waals surface area (Å²) < 4.78 is 0. The zero-order valence-corrected chi connectivity index (χ0v) is 5.10. The van der Waals surface area contributed by atoms with Gasteiger partial charge in [0.15, 0.2) is 0 Å². The average molecular weight is 138 g/mol. The highest BCUT2D eigenvalue weighted by Gasteiger charge is 1.58. The van der Waals surface area contributed by atoms with Crippen molar-refractivity contribution in [2.45, 2.75) is 0 Å². The molecule has 0 aliphatic carbocycles. The Hall–Kier alpha value is -1.72. The van der Waals surface area contributed by atoms with Crippen molar-refractivity contribution in [3.63, 3.8) is 0 Å². The number of nitrogens with one attached hydrogen (secondary N) is 2. The van der Waals surface area contributed by atoms with E-state index in [1.165, 1.54) is 6.33 Å². The number of H-pyrrole nitrogens is 2. The molecule has 2 rings (SSSR count). The first-order chi connectivity index (χ1) is 5.00. The zero-order chi connectivity index (χ0) is 7.07. The van der Waals surface area contributed by atoms with Crippen molar-refractivity contribution < 1.29 is 0 Å². The quantitative estimate of drug-likeness (QED) is 0.519. The molecule has 0 amide bonds. The van der Waals surface area contributed by atoms with Gasteiger partial charge in [-0.1, -0.05) is 0 Å². The summed E-state index contributed by atoms with van der Waals surface area (Å²) in [6.45, 7) is 0. The maximum atomic E-state index is 3.67. The van der Waals surface area contributed by atoms with Crippen LogP contribution in [0.3, 0.4) is 0 Å². The van der Waals surface area contributed by atoms with Gasteiger partial charge < -0.3 is 4.98 Å². The Labute approximate surface area is 56.7 Å². The summed E-state index contributed by atoms with van der Waals surface area (Å²) in [6, 6.07) is 0. The molecule has 0 aromatic carbocycles. The Kier molecular flexibility index (Phi) is 2.68. The standard InChI is InChI=1S/C3H4N2.CH2N4/c1-2-5-3-4-1;1-2-4-5-3-1/h1-3H,(H,4,5);1H,(H,2,3,4,5). The van der Waals surface area contributed by atoms with Crippen molar-refractivity contribution in [3.05, 3.63) is 25.0 Å². The van der Waals surface area contributed by atoms with Gasteiger partial charge in [0.25, 0.3) is 0 Å². The van der Waals surface area contributed by atoms with Crippen LogP contribution < -0.4 is 0 Å². The fourth-order valence-corrected chi connectivity index (χ4v) is 0.344. The number of rotatable bonds is 0. The van der Waals surface area contributed by atoms with Crippen LogP contribution in [-0.4, -0.2) is 30.6 Å². The predicted octanol–water partition coefficient (Wildman–Crippen LogP) is -0.391. The van der Waals surface area contributed by atoms with E-state index in [4.69, 9.17) is 0 Å². The van der Waals surface area contributed by atoms with E-state index in [0.29, 0.717) is 0 Å². The van der Waals surface area contributed by atoms with Crippen LogP contribution in [0.5, 0.6) is 0 Å². The van der Waals surface area contributed by atoms with Crippen molar-refractivity contribution in [1.29, 1.82) is 0 Å². The Morgan fingerprint density at radius 3 is 2.40 bits per heavy atom. The van der Waals surface area contributed by atoms with E-state index in [1.54, 1.807) is 18.7 Å². The molecule has 6 nitrogen and oxygen atoms in total. The third-order valence-electron chi connectivity index (χ3n) is 0.675. The number of imidazole rings is 1. The number of aromatic nitrogens is 6. The number of hydrogen-bond acceptors (Lipinski definition) is 4. The molecule has 0 atom stereocenters. The fraction of sp³-hybridized carbons (Fsp3) is 0. The van der Waals surface area contributed by atoms with E-state index in [0.717, 1.165) is 0 Å². The van der Waals surface area contributed by atoms with E-state index >= 15 is 0 Å². The van der Waals surface area contributed by atoms with Gasteiger partial charge in [-0.25, -0.2) is 10.1 Å².